The average molecular weight is 967 g/mol. The van der Waals surface area contributed by atoms with Gasteiger partial charge < -0.3 is 75.8 Å². The maximum absolute atomic E-state index is 13.0. The number of hydrogen-bond acceptors (Lipinski definition) is 27. The van der Waals surface area contributed by atoms with E-state index < -0.39 is 178 Å². The standard InChI is InChI=1S/C40H54O27/c1-15(41)52-12-26-29(55-18(4)44)32(57-20(6)46)36(60-23(9)49)40(65-26)67-34-30(56-19(5)45)27(13-53-16(2)42)64-39(37(34)61-24(10)50)66-31-28(14-54-17(3)43)63-38(62-25(11)51)35(59-22(8)48)33(31)58-21(7)47/h26-40H,12-14H2,1-11H3/t26-,27+,28-,29-,30+,31-,32+,33+,34-,35-,36-,37+,38-,39-,40+/m0/s1. The van der Waals surface area contributed by atoms with Crippen molar-refractivity contribution in [3.63, 3.8) is 0 Å². The van der Waals surface area contributed by atoms with Gasteiger partial charge in [-0.25, -0.2) is 0 Å². The molecule has 3 saturated heterocycles. The Hall–Kier alpha value is -6.03. The quantitative estimate of drug-likeness (QED) is 0.114. The van der Waals surface area contributed by atoms with Gasteiger partial charge in [0.15, 0.2) is 49.2 Å². The fourth-order valence-electron chi connectivity index (χ4n) is 7.01. The summed E-state index contributed by atoms with van der Waals surface area (Å²) in [6, 6.07) is 0. The molecule has 0 saturated carbocycles. The van der Waals surface area contributed by atoms with E-state index in [1.165, 1.54) is 0 Å². The minimum atomic E-state index is -2.10. The van der Waals surface area contributed by atoms with Crippen molar-refractivity contribution in [2.45, 2.75) is 168 Å². The Labute approximate surface area is 382 Å². The van der Waals surface area contributed by atoms with E-state index in [1.54, 1.807) is 0 Å². The van der Waals surface area contributed by atoms with E-state index in [-0.39, 0.29) is 0 Å². The van der Waals surface area contributed by atoms with Crippen LogP contribution in [-0.2, 0) is 129 Å². The van der Waals surface area contributed by atoms with E-state index in [0.717, 1.165) is 76.2 Å². The average Bonchev–Trinajstić information content (AvgIpc) is 3.17. The molecule has 0 N–H and O–H groups in total. The van der Waals surface area contributed by atoms with Gasteiger partial charge in [-0.2, -0.15) is 0 Å². The van der Waals surface area contributed by atoms with Crippen molar-refractivity contribution in [3.8, 4) is 0 Å². The van der Waals surface area contributed by atoms with Crippen LogP contribution in [0.4, 0.5) is 0 Å². The van der Waals surface area contributed by atoms with Crippen LogP contribution in [0, 0.1) is 0 Å². The van der Waals surface area contributed by atoms with Crippen molar-refractivity contribution in [2.24, 2.45) is 0 Å². The zero-order valence-electron chi connectivity index (χ0n) is 38.3. The van der Waals surface area contributed by atoms with Gasteiger partial charge in [0.1, 0.15) is 50.3 Å². The van der Waals surface area contributed by atoms with Crippen molar-refractivity contribution in [3.05, 3.63) is 0 Å². The van der Waals surface area contributed by atoms with Gasteiger partial charge in [-0.1, -0.05) is 0 Å². The van der Waals surface area contributed by atoms with E-state index in [9.17, 15) is 52.7 Å². The molecule has 3 aliphatic rings. The number of rotatable bonds is 18. The normalized spacial score (nSPS) is 31.2. The van der Waals surface area contributed by atoms with Crippen LogP contribution in [0.2, 0.25) is 0 Å². The minimum Gasteiger partial charge on any atom is -0.463 e. The summed E-state index contributed by atoms with van der Waals surface area (Å²) >= 11 is 0. The molecule has 3 rings (SSSR count). The molecule has 0 unspecified atom stereocenters. The number of ether oxygens (including phenoxy) is 16. The molecule has 0 amide bonds. The van der Waals surface area contributed by atoms with Crippen molar-refractivity contribution in [1.82, 2.24) is 0 Å². The van der Waals surface area contributed by atoms with E-state index in [0.29, 0.717) is 0 Å². The Morgan fingerprint density at radius 2 is 0.507 bits per heavy atom. The highest BCUT2D eigenvalue weighted by molar-refractivity contribution is 5.70. The van der Waals surface area contributed by atoms with Gasteiger partial charge >= 0.3 is 65.7 Å². The molecule has 3 fully saturated rings. The molecule has 0 aliphatic carbocycles. The van der Waals surface area contributed by atoms with Gasteiger partial charge in [-0.05, 0) is 0 Å². The first kappa shape index (κ1) is 55.3. The number of hydrogen-bond donors (Lipinski definition) is 0. The molecule has 0 aromatic rings. The number of carbonyl (C=O) groups excluding carboxylic acids is 11. The maximum Gasteiger partial charge on any atom is 0.305 e. The summed E-state index contributed by atoms with van der Waals surface area (Å²) in [5.74, 6) is -10.7. The summed E-state index contributed by atoms with van der Waals surface area (Å²) in [6.07, 6.45) is -27.7. The third kappa shape index (κ3) is 17.0. The highest BCUT2D eigenvalue weighted by Gasteiger charge is 2.60. The largest absolute Gasteiger partial charge is 0.463 e. The van der Waals surface area contributed by atoms with Crippen molar-refractivity contribution < 1.29 is 129 Å². The molecule has 0 aromatic heterocycles. The van der Waals surface area contributed by atoms with Crippen LogP contribution in [0.1, 0.15) is 76.2 Å². The van der Waals surface area contributed by atoms with Crippen LogP contribution < -0.4 is 0 Å². The monoisotopic (exact) mass is 966 g/mol. The summed E-state index contributed by atoms with van der Waals surface area (Å²) in [7, 11) is 0. The summed E-state index contributed by atoms with van der Waals surface area (Å²) in [5.41, 5.74) is 0. The molecule has 0 aromatic carbocycles. The molecule has 0 bridgehead atoms. The molecule has 27 nitrogen and oxygen atoms in total. The Kier molecular flexibility index (Phi) is 20.8. The van der Waals surface area contributed by atoms with Gasteiger partial charge in [-0.15, -0.1) is 0 Å². The Morgan fingerprint density at radius 1 is 0.269 bits per heavy atom. The predicted octanol–water partition coefficient (Wildman–Crippen LogP) is -1.29. The predicted molar refractivity (Wildman–Crippen MR) is 206 cm³/mol. The number of esters is 11. The summed E-state index contributed by atoms with van der Waals surface area (Å²) in [5, 5.41) is 0. The molecule has 0 spiro atoms. The van der Waals surface area contributed by atoms with Crippen molar-refractivity contribution in [1.29, 1.82) is 0 Å². The van der Waals surface area contributed by atoms with Crippen LogP contribution in [0.25, 0.3) is 0 Å². The van der Waals surface area contributed by atoms with Crippen LogP contribution >= 0.6 is 0 Å². The third-order valence-electron chi connectivity index (χ3n) is 9.11. The second kappa shape index (κ2) is 25.2. The smallest absolute Gasteiger partial charge is 0.305 e. The molecule has 15 atom stereocenters. The van der Waals surface area contributed by atoms with Gasteiger partial charge in [0, 0.05) is 76.2 Å². The highest BCUT2D eigenvalue weighted by Crippen LogP contribution is 2.38. The molecular formula is C40H54O27. The van der Waals surface area contributed by atoms with Crippen LogP contribution in [0.15, 0.2) is 0 Å². The molecule has 27 heteroatoms. The topological polar surface area (TPSA) is 335 Å². The van der Waals surface area contributed by atoms with Crippen LogP contribution in [0.5, 0.6) is 0 Å². The fraction of sp³-hybridized carbons (Fsp3) is 0.725. The Morgan fingerprint density at radius 3 is 0.851 bits per heavy atom. The SMILES string of the molecule is CC(=O)OC[C@@H]1O[C@H](O[C@@H]2[C@@H](OC(C)=O)[C@H](O[C@@H]3[C@@H](OC(C)=O)[C@H](OC(C)=O)[C@@H](OC(C)=O)O[C@H]3COC(C)=O)O[C@H](COC(C)=O)[C@H]2OC(C)=O)[C@@H](OC(C)=O)[C@H](OC(C)=O)[C@H]1OC(C)=O. The lowest BCUT2D eigenvalue weighted by Gasteiger charge is -2.50. The molecule has 376 valence electrons. The van der Waals surface area contributed by atoms with E-state index >= 15 is 0 Å². The Bertz CT molecular complexity index is 1850. The Balaban J connectivity index is 2.37. The summed E-state index contributed by atoms with van der Waals surface area (Å²) in [6.45, 7) is 8.49. The second-order valence-electron chi connectivity index (χ2n) is 14.9. The molecule has 3 aliphatic heterocycles. The van der Waals surface area contributed by atoms with Gasteiger partial charge in [-0.3, -0.25) is 52.7 Å². The molecule has 0 radical (unpaired) electrons. The van der Waals surface area contributed by atoms with E-state index in [4.69, 9.17) is 75.8 Å². The molecular weight excluding hydrogens is 912 g/mol. The van der Waals surface area contributed by atoms with Crippen LogP contribution in [-0.4, -0.2) is 178 Å². The maximum atomic E-state index is 13.0. The van der Waals surface area contributed by atoms with Crippen LogP contribution in [0.3, 0.4) is 0 Å². The van der Waals surface area contributed by atoms with E-state index in [2.05, 4.69) is 0 Å². The summed E-state index contributed by atoms with van der Waals surface area (Å²) in [4.78, 5) is 137. The van der Waals surface area contributed by atoms with Crippen molar-refractivity contribution in [2.75, 3.05) is 19.8 Å². The lowest BCUT2D eigenvalue weighted by molar-refractivity contribution is -0.379. The van der Waals surface area contributed by atoms with Crippen molar-refractivity contribution >= 4 is 65.7 Å². The first-order valence-corrected chi connectivity index (χ1v) is 20.3. The fourth-order valence-corrected chi connectivity index (χ4v) is 7.01. The van der Waals surface area contributed by atoms with Gasteiger partial charge in [0.25, 0.3) is 0 Å². The third-order valence-corrected chi connectivity index (χ3v) is 9.11. The minimum absolute atomic E-state index is 0.714. The zero-order valence-corrected chi connectivity index (χ0v) is 38.3. The number of carbonyl (C=O) groups is 11. The molecule has 3 heterocycles. The highest BCUT2D eigenvalue weighted by atomic mass is 16.8. The second-order valence-corrected chi connectivity index (χ2v) is 14.9. The first-order valence-electron chi connectivity index (χ1n) is 20.3. The van der Waals surface area contributed by atoms with Gasteiger partial charge in [0.05, 0.1) is 0 Å². The molecule has 67 heavy (non-hydrogen) atoms. The lowest BCUT2D eigenvalue weighted by atomic mass is 9.95. The first-order chi connectivity index (χ1) is 31.3. The van der Waals surface area contributed by atoms with Gasteiger partial charge in [0.2, 0.25) is 12.4 Å². The lowest BCUT2D eigenvalue weighted by Crippen LogP contribution is -2.69. The summed E-state index contributed by atoms with van der Waals surface area (Å²) < 4.78 is 90.6. The zero-order chi connectivity index (χ0) is 50.4. The van der Waals surface area contributed by atoms with E-state index in [1.807, 2.05) is 0 Å².